The second-order valence-corrected chi connectivity index (χ2v) is 6.88. The Morgan fingerprint density at radius 2 is 2.07 bits per heavy atom. The Hall–Kier alpha value is -2.78. The third kappa shape index (κ3) is 3.83. The molecule has 0 saturated carbocycles. The highest BCUT2D eigenvalue weighted by atomic mass is 16.3. The molecule has 0 aliphatic carbocycles. The van der Waals surface area contributed by atoms with Gasteiger partial charge in [-0.05, 0) is 31.0 Å². The fourth-order valence-corrected chi connectivity index (χ4v) is 3.68. The number of rotatable bonds is 5. The van der Waals surface area contributed by atoms with E-state index in [0.29, 0.717) is 29.4 Å². The molecule has 2 saturated heterocycles. The molecule has 27 heavy (non-hydrogen) atoms. The molecular formula is C18H23N7O2. The van der Waals surface area contributed by atoms with E-state index in [1.54, 1.807) is 18.3 Å². The number of piperazine rings is 1. The zero-order valence-corrected chi connectivity index (χ0v) is 15.1. The molecule has 2 aliphatic rings. The minimum absolute atomic E-state index is 0.224. The molecule has 2 aromatic heterocycles. The van der Waals surface area contributed by atoms with E-state index in [1.165, 1.54) is 19.9 Å². The highest BCUT2D eigenvalue weighted by Gasteiger charge is 2.32. The average Bonchev–Trinajstić information content (AvgIpc) is 3.04. The molecule has 142 valence electrons. The molecule has 2 aliphatic heterocycles. The lowest BCUT2D eigenvalue weighted by Crippen LogP contribution is -2.51. The van der Waals surface area contributed by atoms with Crippen LogP contribution < -0.4 is 20.9 Å². The summed E-state index contributed by atoms with van der Waals surface area (Å²) < 4.78 is 0. The van der Waals surface area contributed by atoms with Gasteiger partial charge in [0.2, 0.25) is 5.95 Å². The largest absolute Gasteiger partial charge is 0.390 e. The molecule has 0 unspecified atom stereocenters. The lowest BCUT2D eigenvalue weighted by atomic mass is 10.2. The molecule has 0 spiro atoms. The molecule has 4 rings (SSSR count). The second-order valence-electron chi connectivity index (χ2n) is 6.88. The van der Waals surface area contributed by atoms with Crippen LogP contribution in [0.4, 0.5) is 17.5 Å². The van der Waals surface area contributed by atoms with E-state index < -0.39 is 0 Å². The number of nitrogens with one attached hydrogen (secondary N) is 3. The van der Waals surface area contributed by atoms with Crippen molar-refractivity contribution in [2.45, 2.75) is 31.5 Å². The standard InChI is InChI=1S/C18H23N7O2/c1-19-17(27)15-7-13(6-14(10-26)22-15)23-18-20-5-4-16(24-18)25-8-11-2-3-12(9-25)21-11/h4-7,11-12,21,26H,2-3,8-10H2,1H3,(H,19,27)(H,20,22,23,24)/t11-,12+. The fraction of sp³-hybridized carbons (Fsp3) is 0.444. The summed E-state index contributed by atoms with van der Waals surface area (Å²) in [7, 11) is 1.54. The van der Waals surface area contributed by atoms with E-state index in [0.717, 1.165) is 18.9 Å². The van der Waals surface area contributed by atoms with Gasteiger partial charge in [-0.2, -0.15) is 4.98 Å². The number of amides is 1. The van der Waals surface area contributed by atoms with E-state index in [-0.39, 0.29) is 18.2 Å². The van der Waals surface area contributed by atoms with Gasteiger partial charge in [0.1, 0.15) is 11.5 Å². The van der Waals surface area contributed by atoms with Gasteiger partial charge in [-0.3, -0.25) is 4.79 Å². The Bertz CT molecular complexity index is 832. The van der Waals surface area contributed by atoms with Gasteiger partial charge in [-0.1, -0.05) is 0 Å². The van der Waals surface area contributed by atoms with Crippen molar-refractivity contribution >= 4 is 23.4 Å². The van der Waals surface area contributed by atoms with Crippen molar-refractivity contribution in [3.63, 3.8) is 0 Å². The van der Waals surface area contributed by atoms with Gasteiger partial charge >= 0.3 is 0 Å². The maximum atomic E-state index is 11.9. The number of aliphatic hydroxyl groups is 1. The lowest BCUT2D eigenvalue weighted by Gasteiger charge is -2.33. The first-order valence-electron chi connectivity index (χ1n) is 9.09. The number of carbonyl (C=O) groups excluding carboxylic acids is 1. The van der Waals surface area contributed by atoms with E-state index >= 15 is 0 Å². The molecule has 2 fully saturated rings. The number of carbonyl (C=O) groups is 1. The number of fused-ring (bicyclic) bond motifs is 2. The van der Waals surface area contributed by atoms with Crippen molar-refractivity contribution in [2.75, 3.05) is 30.4 Å². The number of anilines is 3. The maximum absolute atomic E-state index is 11.9. The normalized spacial score (nSPS) is 21.2. The Kier molecular flexibility index (Phi) is 4.87. The van der Waals surface area contributed by atoms with E-state index in [9.17, 15) is 9.90 Å². The van der Waals surface area contributed by atoms with Crippen molar-refractivity contribution in [3.8, 4) is 0 Å². The summed E-state index contributed by atoms with van der Waals surface area (Å²) in [6, 6.07) is 6.25. The molecule has 1 amide bonds. The van der Waals surface area contributed by atoms with Crippen LogP contribution in [-0.4, -0.2) is 58.2 Å². The topological polar surface area (TPSA) is 115 Å². The molecule has 9 nitrogen and oxygen atoms in total. The van der Waals surface area contributed by atoms with Gasteiger partial charge in [-0.25, -0.2) is 9.97 Å². The minimum Gasteiger partial charge on any atom is -0.390 e. The van der Waals surface area contributed by atoms with E-state index in [4.69, 9.17) is 0 Å². The van der Waals surface area contributed by atoms with Crippen LogP contribution in [0.3, 0.4) is 0 Å². The van der Waals surface area contributed by atoms with Gasteiger partial charge in [0, 0.05) is 44.1 Å². The summed E-state index contributed by atoms with van der Waals surface area (Å²) in [4.78, 5) is 27.2. The highest BCUT2D eigenvalue weighted by Crippen LogP contribution is 2.25. The number of hydrogen-bond donors (Lipinski definition) is 4. The zero-order chi connectivity index (χ0) is 18.8. The monoisotopic (exact) mass is 369 g/mol. The van der Waals surface area contributed by atoms with Crippen LogP contribution in [0.1, 0.15) is 29.0 Å². The van der Waals surface area contributed by atoms with Crippen molar-refractivity contribution in [1.29, 1.82) is 0 Å². The average molecular weight is 369 g/mol. The zero-order valence-electron chi connectivity index (χ0n) is 15.1. The van der Waals surface area contributed by atoms with Crippen molar-refractivity contribution < 1.29 is 9.90 Å². The van der Waals surface area contributed by atoms with Gasteiger partial charge in [0.05, 0.1) is 12.3 Å². The molecule has 0 radical (unpaired) electrons. The summed E-state index contributed by atoms with van der Waals surface area (Å²) in [5.74, 6) is 1.00. The van der Waals surface area contributed by atoms with E-state index in [2.05, 4.69) is 35.8 Å². The Labute approximate surface area is 157 Å². The summed E-state index contributed by atoms with van der Waals surface area (Å²) in [6.07, 6.45) is 4.14. The molecule has 2 bridgehead atoms. The van der Waals surface area contributed by atoms with Gasteiger partial charge in [0.25, 0.3) is 5.91 Å². The van der Waals surface area contributed by atoms with Crippen LogP contribution in [0.5, 0.6) is 0 Å². The molecule has 9 heteroatoms. The van der Waals surface area contributed by atoms with Crippen LogP contribution in [0, 0.1) is 0 Å². The van der Waals surface area contributed by atoms with Crippen LogP contribution in [-0.2, 0) is 6.61 Å². The van der Waals surface area contributed by atoms with Gasteiger partial charge in [-0.15, -0.1) is 0 Å². The summed E-state index contributed by atoms with van der Waals surface area (Å²) in [5.41, 5.74) is 1.22. The predicted molar refractivity (Wildman–Crippen MR) is 101 cm³/mol. The van der Waals surface area contributed by atoms with Crippen molar-refractivity contribution in [2.24, 2.45) is 0 Å². The predicted octanol–water partition coefficient (Wildman–Crippen LogP) is 0.408. The first-order valence-corrected chi connectivity index (χ1v) is 9.09. The lowest BCUT2D eigenvalue weighted by molar-refractivity contribution is 0.0957. The third-order valence-corrected chi connectivity index (χ3v) is 4.94. The number of aromatic nitrogens is 3. The third-order valence-electron chi connectivity index (χ3n) is 4.94. The van der Waals surface area contributed by atoms with Gasteiger partial charge < -0.3 is 26.0 Å². The quantitative estimate of drug-likeness (QED) is 0.599. The summed E-state index contributed by atoms with van der Waals surface area (Å²) in [6.45, 7) is 1.62. The van der Waals surface area contributed by atoms with Crippen LogP contribution in [0.15, 0.2) is 24.4 Å². The second kappa shape index (κ2) is 7.45. The Morgan fingerprint density at radius 3 is 2.78 bits per heavy atom. The number of hydrogen-bond acceptors (Lipinski definition) is 8. The van der Waals surface area contributed by atoms with E-state index in [1.807, 2.05) is 6.07 Å². The fourth-order valence-electron chi connectivity index (χ4n) is 3.68. The van der Waals surface area contributed by atoms with Gasteiger partial charge in [0.15, 0.2) is 0 Å². The van der Waals surface area contributed by atoms with Crippen molar-refractivity contribution in [1.82, 2.24) is 25.6 Å². The Morgan fingerprint density at radius 1 is 1.30 bits per heavy atom. The summed E-state index contributed by atoms with van der Waals surface area (Å²) in [5, 5.41) is 18.7. The minimum atomic E-state index is -0.320. The molecule has 0 aromatic carbocycles. The number of aliphatic hydroxyl groups excluding tert-OH is 1. The number of nitrogens with zero attached hydrogens (tertiary/aromatic N) is 4. The highest BCUT2D eigenvalue weighted by molar-refractivity contribution is 5.93. The van der Waals surface area contributed by atoms with Crippen LogP contribution in [0.25, 0.3) is 0 Å². The maximum Gasteiger partial charge on any atom is 0.269 e. The van der Waals surface area contributed by atoms with Crippen LogP contribution in [0.2, 0.25) is 0 Å². The van der Waals surface area contributed by atoms with Crippen LogP contribution >= 0.6 is 0 Å². The Balaban J connectivity index is 1.55. The molecular weight excluding hydrogens is 346 g/mol. The smallest absolute Gasteiger partial charge is 0.269 e. The SMILES string of the molecule is CNC(=O)c1cc(Nc2nccc(N3C[C@H]4CC[C@@H](C3)N4)n2)cc(CO)n1. The first-order chi connectivity index (χ1) is 13.1. The van der Waals surface area contributed by atoms with Crippen molar-refractivity contribution in [3.05, 3.63) is 35.8 Å². The number of pyridine rings is 1. The molecule has 2 atom stereocenters. The first kappa shape index (κ1) is 17.6. The molecule has 4 N–H and O–H groups in total. The molecule has 4 heterocycles. The molecule has 2 aromatic rings. The summed E-state index contributed by atoms with van der Waals surface area (Å²) >= 11 is 0.